The van der Waals surface area contributed by atoms with Crippen molar-refractivity contribution in [3.05, 3.63) is 33.8 Å². The Morgan fingerprint density at radius 2 is 1.80 bits per heavy atom. The Kier molecular flexibility index (Phi) is 3.63. The molecular weight excluding hydrogens is 211 g/mol. The first-order chi connectivity index (χ1) is 7.31. The number of halogens is 2. The summed E-state index contributed by atoms with van der Waals surface area (Å²) in [7, 11) is 0. The van der Waals surface area contributed by atoms with Crippen molar-refractivity contribution in [3.63, 3.8) is 0 Å². The molecule has 0 unspecified atom stereocenters. The topological polar surface area (TPSA) is 0 Å². The van der Waals surface area contributed by atoms with Crippen molar-refractivity contribution in [2.24, 2.45) is 0 Å². The zero-order valence-corrected chi connectivity index (χ0v) is 9.62. The molecule has 1 aromatic rings. The summed E-state index contributed by atoms with van der Waals surface area (Å²) in [5, 5.41) is 0.823. The largest absolute Gasteiger partial charge is 0.251 e. The first-order valence-corrected chi connectivity index (χ1v) is 6.05. The molecule has 1 aliphatic rings. The maximum atomic E-state index is 12.1. The third-order valence-corrected chi connectivity index (χ3v) is 3.44. The van der Waals surface area contributed by atoms with Crippen LogP contribution in [-0.2, 0) is 19.3 Å². The molecule has 82 valence electrons. The van der Waals surface area contributed by atoms with Gasteiger partial charge in [0.05, 0.1) is 6.67 Å². The summed E-state index contributed by atoms with van der Waals surface area (Å²) < 4.78 is 12.1. The third kappa shape index (κ3) is 2.52. The van der Waals surface area contributed by atoms with Crippen molar-refractivity contribution >= 4 is 11.6 Å². The van der Waals surface area contributed by atoms with E-state index in [1.54, 1.807) is 0 Å². The number of fused-ring (bicyclic) bond motifs is 1. The maximum Gasteiger partial charge on any atom is 0.0897 e. The second-order valence-electron chi connectivity index (χ2n) is 4.21. The van der Waals surface area contributed by atoms with Gasteiger partial charge in [0.2, 0.25) is 0 Å². The number of benzene rings is 1. The van der Waals surface area contributed by atoms with Gasteiger partial charge in [-0.3, -0.25) is 4.39 Å². The zero-order valence-electron chi connectivity index (χ0n) is 8.86. The van der Waals surface area contributed by atoms with Crippen molar-refractivity contribution in [1.29, 1.82) is 0 Å². The van der Waals surface area contributed by atoms with E-state index in [0.717, 1.165) is 29.8 Å². The van der Waals surface area contributed by atoms with Gasteiger partial charge in [-0.2, -0.15) is 0 Å². The van der Waals surface area contributed by atoms with E-state index < -0.39 is 0 Å². The molecule has 0 aromatic heterocycles. The lowest BCUT2D eigenvalue weighted by molar-refractivity contribution is 0.473. The van der Waals surface area contributed by atoms with Gasteiger partial charge < -0.3 is 0 Å². The minimum absolute atomic E-state index is 0.257. The highest BCUT2D eigenvalue weighted by molar-refractivity contribution is 6.31. The summed E-state index contributed by atoms with van der Waals surface area (Å²) >= 11 is 6.17. The predicted octanol–water partition coefficient (Wildman–Crippen LogP) is 4.12. The lowest BCUT2D eigenvalue weighted by Crippen LogP contribution is -2.04. The van der Waals surface area contributed by atoms with Crippen LogP contribution in [-0.4, -0.2) is 6.67 Å². The van der Waals surface area contributed by atoms with Crippen LogP contribution in [0.15, 0.2) is 12.1 Å². The van der Waals surface area contributed by atoms with Crippen LogP contribution in [0.1, 0.15) is 36.0 Å². The summed E-state index contributed by atoms with van der Waals surface area (Å²) in [6, 6.07) is 4.27. The molecule has 0 spiro atoms. The molecule has 0 bridgehead atoms. The fraction of sp³-hybridized carbons (Fsp3) is 0.538. The normalized spacial score (nSPS) is 15.1. The van der Waals surface area contributed by atoms with E-state index in [1.807, 2.05) is 0 Å². The summed E-state index contributed by atoms with van der Waals surface area (Å²) in [4.78, 5) is 0. The summed E-state index contributed by atoms with van der Waals surface area (Å²) in [5.41, 5.74) is 3.95. The van der Waals surface area contributed by atoms with E-state index in [4.69, 9.17) is 11.6 Å². The van der Waals surface area contributed by atoms with Crippen molar-refractivity contribution in [3.8, 4) is 0 Å². The molecule has 0 nitrogen and oxygen atoms in total. The first-order valence-electron chi connectivity index (χ1n) is 5.67. The standard InChI is InChI=1S/C13H16ClF/c14-13-9-11-5-2-1-4-10(11)8-12(13)6-3-7-15/h8-9H,1-7H2. The van der Waals surface area contributed by atoms with Crippen LogP contribution in [0.2, 0.25) is 5.02 Å². The van der Waals surface area contributed by atoms with Crippen molar-refractivity contribution in [2.45, 2.75) is 38.5 Å². The second kappa shape index (κ2) is 4.98. The molecule has 0 radical (unpaired) electrons. The number of alkyl halides is 1. The molecule has 0 N–H and O–H groups in total. The van der Waals surface area contributed by atoms with E-state index >= 15 is 0 Å². The van der Waals surface area contributed by atoms with E-state index in [-0.39, 0.29) is 6.67 Å². The molecule has 2 heteroatoms. The van der Waals surface area contributed by atoms with Gasteiger partial charge in [0.25, 0.3) is 0 Å². The van der Waals surface area contributed by atoms with E-state index in [9.17, 15) is 4.39 Å². The molecule has 0 heterocycles. The van der Waals surface area contributed by atoms with Gasteiger partial charge in [-0.15, -0.1) is 0 Å². The second-order valence-corrected chi connectivity index (χ2v) is 4.62. The predicted molar refractivity (Wildman–Crippen MR) is 62.4 cm³/mol. The summed E-state index contributed by atoms with van der Waals surface area (Å²) in [6.45, 7) is -0.257. The van der Waals surface area contributed by atoms with Gasteiger partial charge in [0, 0.05) is 5.02 Å². The maximum absolute atomic E-state index is 12.1. The first kappa shape index (κ1) is 10.9. The van der Waals surface area contributed by atoms with Crippen LogP contribution in [0.3, 0.4) is 0 Å². The molecule has 0 saturated heterocycles. The summed E-state index contributed by atoms with van der Waals surface area (Å²) in [5.74, 6) is 0. The minimum atomic E-state index is -0.257. The van der Waals surface area contributed by atoms with Gasteiger partial charge in [-0.25, -0.2) is 0 Å². The Labute approximate surface area is 95.4 Å². The lowest BCUT2D eigenvalue weighted by Gasteiger charge is -2.17. The molecule has 0 aliphatic heterocycles. The Balaban J connectivity index is 2.24. The highest BCUT2D eigenvalue weighted by Crippen LogP contribution is 2.28. The van der Waals surface area contributed by atoms with Crippen LogP contribution in [0.25, 0.3) is 0 Å². The molecule has 2 rings (SSSR count). The highest BCUT2D eigenvalue weighted by atomic mass is 35.5. The highest BCUT2D eigenvalue weighted by Gasteiger charge is 2.12. The quantitative estimate of drug-likeness (QED) is 0.727. The van der Waals surface area contributed by atoms with Crippen molar-refractivity contribution in [2.75, 3.05) is 6.67 Å². The van der Waals surface area contributed by atoms with E-state index in [0.29, 0.717) is 6.42 Å². The molecule has 0 atom stereocenters. The zero-order chi connectivity index (χ0) is 10.7. The van der Waals surface area contributed by atoms with E-state index in [1.165, 1.54) is 24.0 Å². The van der Waals surface area contributed by atoms with Crippen LogP contribution >= 0.6 is 11.6 Å². The molecule has 0 fully saturated rings. The van der Waals surface area contributed by atoms with Crippen molar-refractivity contribution < 1.29 is 4.39 Å². The van der Waals surface area contributed by atoms with Crippen LogP contribution in [0.5, 0.6) is 0 Å². The molecule has 1 aliphatic carbocycles. The van der Waals surface area contributed by atoms with Crippen molar-refractivity contribution in [1.82, 2.24) is 0 Å². The number of hydrogen-bond acceptors (Lipinski definition) is 0. The molecular formula is C13H16ClF. The monoisotopic (exact) mass is 226 g/mol. The Morgan fingerprint density at radius 3 is 2.47 bits per heavy atom. The average molecular weight is 227 g/mol. The number of hydrogen-bond donors (Lipinski definition) is 0. The number of rotatable bonds is 3. The average Bonchev–Trinajstić information content (AvgIpc) is 2.26. The Morgan fingerprint density at radius 1 is 1.13 bits per heavy atom. The molecule has 0 amide bonds. The lowest BCUT2D eigenvalue weighted by atomic mass is 9.89. The smallest absolute Gasteiger partial charge is 0.0897 e. The minimum Gasteiger partial charge on any atom is -0.251 e. The SMILES string of the molecule is FCCCc1cc2c(cc1Cl)CCCC2. The molecule has 15 heavy (non-hydrogen) atoms. The number of aryl methyl sites for hydroxylation is 3. The molecule has 0 saturated carbocycles. The van der Waals surface area contributed by atoms with Crippen LogP contribution < -0.4 is 0 Å². The van der Waals surface area contributed by atoms with Gasteiger partial charge in [-0.1, -0.05) is 17.7 Å². The van der Waals surface area contributed by atoms with Gasteiger partial charge in [0.1, 0.15) is 0 Å². The Hall–Kier alpha value is -0.560. The van der Waals surface area contributed by atoms with Crippen LogP contribution in [0.4, 0.5) is 4.39 Å². The fourth-order valence-electron chi connectivity index (χ4n) is 2.26. The van der Waals surface area contributed by atoms with Gasteiger partial charge in [0.15, 0.2) is 0 Å². The van der Waals surface area contributed by atoms with Crippen LogP contribution in [0, 0.1) is 0 Å². The Bertz CT molecular complexity index is 347. The van der Waals surface area contributed by atoms with Gasteiger partial charge in [-0.05, 0) is 61.3 Å². The van der Waals surface area contributed by atoms with Gasteiger partial charge >= 0.3 is 0 Å². The molecule has 1 aromatic carbocycles. The summed E-state index contributed by atoms with van der Waals surface area (Å²) in [6.07, 6.45) is 6.21. The fourth-order valence-corrected chi connectivity index (χ4v) is 2.54. The van der Waals surface area contributed by atoms with E-state index in [2.05, 4.69) is 12.1 Å². The third-order valence-electron chi connectivity index (χ3n) is 3.09.